The van der Waals surface area contributed by atoms with Crippen LogP contribution in [-0.2, 0) is 9.59 Å². The molecule has 0 aromatic rings. The van der Waals surface area contributed by atoms with Crippen LogP contribution >= 0.6 is 0 Å². The van der Waals surface area contributed by atoms with Crippen LogP contribution in [0.15, 0.2) is 0 Å². The summed E-state index contributed by atoms with van der Waals surface area (Å²) in [6.07, 6.45) is 6.43. The summed E-state index contributed by atoms with van der Waals surface area (Å²) >= 11 is 0. The standard InChI is InChI=1S/C18H32N4O2/c1-15-5-2-3-8-22(15)18(24)14-20-9-11-21(12-10-20)17(23)13-16-6-4-7-19-16/h15-16,19H,2-14H2,1H3. The highest BCUT2D eigenvalue weighted by molar-refractivity contribution is 5.79. The van der Waals surface area contributed by atoms with Crippen molar-refractivity contribution in [2.45, 2.75) is 57.5 Å². The lowest BCUT2D eigenvalue weighted by Crippen LogP contribution is -2.53. The van der Waals surface area contributed by atoms with Gasteiger partial charge in [0, 0.05) is 51.2 Å². The number of piperidine rings is 1. The second kappa shape index (κ2) is 8.30. The molecule has 6 nitrogen and oxygen atoms in total. The molecular weight excluding hydrogens is 304 g/mol. The molecule has 3 aliphatic heterocycles. The number of piperazine rings is 1. The van der Waals surface area contributed by atoms with Gasteiger partial charge in [-0.3, -0.25) is 14.5 Å². The molecule has 2 atom stereocenters. The molecule has 24 heavy (non-hydrogen) atoms. The largest absolute Gasteiger partial charge is 0.340 e. The molecule has 2 unspecified atom stereocenters. The normalized spacial score (nSPS) is 29.0. The molecule has 136 valence electrons. The van der Waals surface area contributed by atoms with E-state index in [0.717, 1.165) is 58.5 Å². The summed E-state index contributed by atoms with van der Waals surface area (Å²) in [6, 6.07) is 0.755. The quantitative estimate of drug-likeness (QED) is 0.820. The molecule has 3 saturated heterocycles. The zero-order valence-electron chi connectivity index (χ0n) is 15.0. The monoisotopic (exact) mass is 336 g/mol. The van der Waals surface area contributed by atoms with E-state index in [2.05, 4.69) is 17.1 Å². The number of hydrogen-bond acceptors (Lipinski definition) is 4. The van der Waals surface area contributed by atoms with Gasteiger partial charge in [-0.1, -0.05) is 0 Å². The van der Waals surface area contributed by atoms with E-state index in [1.165, 1.54) is 12.8 Å². The van der Waals surface area contributed by atoms with Crippen LogP contribution in [0.4, 0.5) is 0 Å². The van der Waals surface area contributed by atoms with Crippen molar-refractivity contribution >= 4 is 11.8 Å². The van der Waals surface area contributed by atoms with Crippen molar-refractivity contribution in [2.24, 2.45) is 0 Å². The first-order chi connectivity index (χ1) is 11.6. The van der Waals surface area contributed by atoms with Gasteiger partial charge in [0.1, 0.15) is 0 Å². The third-order valence-electron chi connectivity index (χ3n) is 5.79. The fraction of sp³-hybridized carbons (Fsp3) is 0.889. The summed E-state index contributed by atoms with van der Waals surface area (Å²) in [7, 11) is 0. The van der Waals surface area contributed by atoms with Gasteiger partial charge in [-0.25, -0.2) is 0 Å². The number of carbonyl (C=O) groups excluding carboxylic acids is 2. The molecule has 0 bridgehead atoms. The Balaban J connectivity index is 1.39. The molecule has 0 spiro atoms. The molecule has 3 rings (SSSR count). The van der Waals surface area contributed by atoms with E-state index in [1.54, 1.807) is 0 Å². The van der Waals surface area contributed by atoms with Crippen LogP contribution in [0.3, 0.4) is 0 Å². The minimum absolute atomic E-state index is 0.261. The van der Waals surface area contributed by atoms with Crippen LogP contribution in [0.25, 0.3) is 0 Å². The Morgan fingerprint density at radius 2 is 1.75 bits per heavy atom. The molecule has 1 N–H and O–H groups in total. The Hall–Kier alpha value is -1.14. The Kier molecular flexibility index (Phi) is 6.11. The van der Waals surface area contributed by atoms with E-state index < -0.39 is 0 Å². The Morgan fingerprint density at radius 3 is 2.42 bits per heavy atom. The smallest absolute Gasteiger partial charge is 0.236 e. The van der Waals surface area contributed by atoms with Crippen molar-refractivity contribution < 1.29 is 9.59 Å². The molecule has 2 amide bonds. The number of likely N-dealkylation sites (tertiary alicyclic amines) is 1. The van der Waals surface area contributed by atoms with Crippen molar-refractivity contribution in [2.75, 3.05) is 45.8 Å². The SMILES string of the molecule is CC1CCCCN1C(=O)CN1CCN(C(=O)CC2CCCN2)CC1. The van der Waals surface area contributed by atoms with Gasteiger partial charge >= 0.3 is 0 Å². The molecule has 3 aliphatic rings. The third kappa shape index (κ3) is 4.48. The summed E-state index contributed by atoms with van der Waals surface area (Å²) < 4.78 is 0. The van der Waals surface area contributed by atoms with Crippen LogP contribution in [0.2, 0.25) is 0 Å². The van der Waals surface area contributed by atoms with E-state index in [-0.39, 0.29) is 11.8 Å². The third-order valence-corrected chi connectivity index (χ3v) is 5.79. The van der Waals surface area contributed by atoms with Crippen molar-refractivity contribution in [3.63, 3.8) is 0 Å². The Morgan fingerprint density at radius 1 is 0.958 bits per heavy atom. The predicted molar refractivity (Wildman–Crippen MR) is 93.7 cm³/mol. The number of nitrogens with one attached hydrogen (secondary N) is 1. The molecule has 0 aliphatic carbocycles. The van der Waals surface area contributed by atoms with E-state index in [4.69, 9.17) is 0 Å². The van der Waals surface area contributed by atoms with Gasteiger partial charge in [-0.2, -0.15) is 0 Å². The summed E-state index contributed by atoms with van der Waals surface area (Å²) in [5, 5.41) is 3.39. The van der Waals surface area contributed by atoms with Crippen molar-refractivity contribution in [1.82, 2.24) is 20.0 Å². The van der Waals surface area contributed by atoms with Crippen LogP contribution in [0, 0.1) is 0 Å². The fourth-order valence-corrected chi connectivity index (χ4v) is 4.18. The van der Waals surface area contributed by atoms with Gasteiger partial charge in [-0.05, 0) is 45.6 Å². The molecular formula is C18H32N4O2. The Bertz CT molecular complexity index is 442. The highest BCUT2D eigenvalue weighted by atomic mass is 16.2. The maximum absolute atomic E-state index is 12.5. The maximum atomic E-state index is 12.5. The first-order valence-corrected chi connectivity index (χ1v) is 9.66. The van der Waals surface area contributed by atoms with E-state index in [0.29, 0.717) is 25.0 Å². The van der Waals surface area contributed by atoms with E-state index >= 15 is 0 Å². The van der Waals surface area contributed by atoms with E-state index in [9.17, 15) is 9.59 Å². The van der Waals surface area contributed by atoms with E-state index in [1.807, 2.05) is 9.80 Å². The number of rotatable bonds is 4. The average Bonchev–Trinajstić information content (AvgIpc) is 3.08. The second-order valence-electron chi connectivity index (χ2n) is 7.59. The molecule has 3 fully saturated rings. The molecule has 0 saturated carbocycles. The lowest BCUT2D eigenvalue weighted by Gasteiger charge is -2.38. The van der Waals surface area contributed by atoms with Gasteiger partial charge in [0.05, 0.1) is 6.54 Å². The molecule has 6 heteroatoms. The zero-order valence-corrected chi connectivity index (χ0v) is 15.0. The number of hydrogen-bond donors (Lipinski definition) is 1. The minimum Gasteiger partial charge on any atom is -0.340 e. The minimum atomic E-state index is 0.261. The van der Waals surface area contributed by atoms with Crippen molar-refractivity contribution in [3.05, 3.63) is 0 Å². The topological polar surface area (TPSA) is 55.9 Å². The summed E-state index contributed by atoms with van der Waals surface area (Å²) in [5.41, 5.74) is 0. The van der Waals surface area contributed by atoms with Crippen LogP contribution in [0.1, 0.15) is 45.4 Å². The van der Waals surface area contributed by atoms with Gasteiger partial charge in [0.15, 0.2) is 0 Å². The maximum Gasteiger partial charge on any atom is 0.236 e. The Labute approximate surface area is 145 Å². The molecule has 0 aromatic carbocycles. The lowest BCUT2D eigenvalue weighted by atomic mass is 10.0. The van der Waals surface area contributed by atoms with Crippen LogP contribution in [0.5, 0.6) is 0 Å². The molecule has 3 heterocycles. The fourth-order valence-electron chi connectivity index (χ4n) is 4.18. The van der Waals surface area contributed by atoms with Gasteiger partial charge < -0.3 is 15.1 Å². The first-order valence-electron chi connectivity index (χ1n) is 9.66. The summed E-state index contributed by atoms with van der Waals surface area (Å²) in [5.74, 6) is 0.530. The number of nitrogens with zero attached hydrogens (tertiary/aromatic N) is 3. The molecule has 0 radical (unpaired) electrons. The number of carbonyl (C=O) groups is 2. The van der Waals surface area contributed by atoms with Crippen molar-refractivity contribution in [1.29, 1.82) is 0 Å². The zero-order chi connectivity index (χ0) is 16.9. The second-order valence-corrected chi connectivity index (χ2v) is 7.59. The lowest BCUT2D eigenvalue weighted by molar-refractivity contribution is -0.137. The first kappa shape index (κ1) is 17.7. The summed E-state index contributed by atoms with van der Waals surface area (Å²) in [4.78, 5) is 31.1. The van der Waals surface area contributed by atoms with Gasteiger partial charge in [0.25, 0.3) is 0 Å². The highest BCUT2D eigenvalue weighted by Crippen LogP contribution is 2.17. The van der Waals surface area contributed by atoms with Crippen LogP contribution < -0.4 is 5.32 Å². The summed E-state index contributed by atoms with van der Waals surface area (Å²) in [6.45, 7) is 7.77. The van der Waals surface area contributed by atoms with Gasteiger partial charge in [0.2, 0.25) is 11.8 Å². The number of amides is 2. The highest BCUT2D eigenvalue weighted by Gasteiger charge is 2.28. The molecule has 0 aromatic heterocycles. The predicted octanol–water partition coefficient (Wildman–Crippen LogP) is 0.674. The van der Waals surface area contributed by atoms with Crippen molar-refractivity contribution in [3.8, 4) is 0 Å². The average molecular weight is 336 g/mol. The van der Waals surface area contributed by atoms with Crippen LogP contribution in [-0.4, -0.2) is 84.4 Å². The van der Waals surface area contributed by atoms with Gasteiger partial charge in [-0.15, -0.1) is 0 Å².